The molecule has 5 rings (SSSR count). The average Bonchev–Trinajstić information content (AvgIpc) is 3.22. The first-order valence-corrected chi connectivity index (χ1v) is 10.6. The molecule has 1 atom stereocenters. The van der Waals surface area contributed by atoms with Gasteiger partial charge in [-0.05, 0) is 30.7 Å². The van der Waals surface area contributed by atoms with Crippen LogP contribution in [-0.4, -0.2) is 64.5 Å². The summed E-state index contributed by atoms with van der Waals surface area (Å²) in [5.74, 6) is -1.27. The lowest BCUT2D eigenvalue weighted by Crippen LogP contribution is -2.46. The fraction of sp³-hybridized carbons (Fsp3) is 0.364. The van der Waals surface area contributed by atoms with E-state index in [-0.39, 0.29) is 17.5 Å². The maximum absolute atomic E-state index is 14.5. The number of anilines is 2. The molecule has 2 aliphatic rings. The number of halogens is 1. The molecule has 0 aromatic carbocycles. The minimum Gasteiger partial charge on any atom is -0.365 e. The molecule has 10 heteroatoms. The van der Waals surface area contributed by atoms with Crippen LogP contribution in [0.5, 0.6) is 0 Å². The molecule has 0 saturated carbocycles. The number of nitrogens with zero attached hydrogens (tertiary/aromatic N) is 5. The normalized spacial score (nSPS) is 18.7. The van der Waals surface area contributed by atoms with Gasteiger partial charge in [-0.1, -0.05) is 0 Å². The van der Waals surface area contributed by atoms with Gasteiger partial charge in [0.1, 0.15) is 5.69 Å². The summed E-state index contributed by atoms with van der Waals surface area (Å²) in [5.41, 5.74) is 4.21. The van der Waals surface area contributed by atoms with Crippen LogP contribution < -0.4 is 15.5 Å². The number of pyridine rings is 2. The topological polar surface area (TPSA) is 94.9 Å². The van der Waals surface area contributed by atoms with Crippen LogP contribution in [0, 0.1) is 5.95 Å². The van der Waals surface area contributed by atoms with Crippen LogP contribution in [0.3, 0.4) is 0 Å². The van der Waals surface area contributed by atoms with E-state index in [4.69, 9.17) is 0 Å². The minimum atomic E-state index is -0.636. The van der Waals surface area contributed by atoms with Crippen LogP contribution in [0.25, 0.3) is 5.52 Å². The molecule has 9 nitrogen and oxygen atoms in total. The maximum atomic E-state index is 14.5. The Bertz CT molecular complexity index is 1220. The molecule has 3 aromatic heterocycles. The predicted octanol–water partition coefficient (Wildman–Crippen LogP) is 1.61. The molecule has 2 N–H and O–H groups in total. The summed E-state index contributed by atoms with van der Waals surface area (Å²) >= 11 is 0. The zero-order chi connectivity index (χ0) is 22.4. The Morgan fingerprint density at radius 1 is 1.28 bits per heavy atom. The number of hydrogen-bond acceptors (Lipinski definition) is 6. The molecular formula is C22H24FN7O2. The van der Waals surface area contributed by atoms with Gasteiger partial charge < -0.3 is 15.5 Å². The average molecular weight is 437 g/mol. The number of carbonyl (C=O) groups excluding carboxylic acids is 2. The van der Waals surface area contributed by atoms with Crippen LogP contribution >= 0.6 is 0 Å². The summed E-state index contributed by atoms with van der Waals surface area (Å²) in [6, 6.07) is 5.16. The maximum Gasteiger partial charge on any atom is 0.269 e. The second-order valence-electron chi connectivity index (χ2n) is 8.21. The standard InChI is InChI=1S/C22H24FN7O2/c1-13-15-10-25-30-12-14(9-17(19(15)30)27-21(13)31)11-28-5-7-29(8-6-28)18-4-3-16(22(32)24-2)26-20(18)23/h3-4,9-10,12-13H,5-8,11H2,1-2H3,(H,24,32)(H,27,31)/t13-/m1/s1. The fourth-order valence-corrected chi connectivity index (χ4v) is 4.40. The van der Waals surface area contributed by atoms with Crippen LogP contribution in [-0.2, 0) is 11.3 Å². The summed E-state index contributed by atoms with van der Waals surface area (Å²) in [7, 11) is 1.49. The summed E-state index contributed by atoms with van der Waals surface area (Å²) < 4.78 is 16.3. The summed E-state index contributed by atoms with van der Waals surface area (Å²) in [6.07, 6.45) is 3.77. The van der Waals surface area contributed by atoms with Crippen molar-refractivity contribution >= 4 is 28.7 Å². The third-order valence-electron chi connectivity index (χ3n) is 6.22. The Morgan fingerprint density at radius 2 is 2.06 bits per heavy atom. The lowest BCUT2D eigenvalue weighted by atomic mass is 9.97. The predicted molar refractivity (Wildman–Crippen MR) is 117 cm³/mol. The van der Waals surface area contributed by atoms with Gasteiger partial charge in [-0.25, -0.2) is 9.50 Å². The first kappa shape index (κ1) is 20.4. The molecule has 0 spiro atoms. The molecule has 2 aliphatic heterocycles. The Balaban J connectivity index is 1.27. The number of carbonyl (C=O) groups is 2. The van der Waals surface area contributed by atoms with Gasteiger partial charge in [-0.2, -0.15) is 9.49 Å². The molecule has 0 aliphatic carbocycles. The molecule has 166 valence electrons. The van der Waals surface area contributed by atoms with Crippen molar-refractivity contribution < 1.29 is 14.0 Å². The van der Waals surface area contributed by atoms with Crippen LogP contribution in [0.1, 0.15) is 34.5 Å². The van der Waals surface area contributed by atoms with E-state index in [2.05, 4.69) is 25.6 Å². The van der Waals surface area contributed by atoms with Crippen molar-refractivity contribution in [2.45, 2.75) is 19.4 Å². The summed E-state index contributed by atoms with van der Waals surface area (Å²) in [5, 5.41) is 9.87. The molecule has 0 radical (unpaired) electrons. The third-order valence-corrected chi connectivity index (χ3v) is 6.22. The van der Waals surface area contributed by atoms with Gasteiger partial charge in [0, 0.05) is 51.5 Å². The van der Waals surface area contributed by atoms with Gasteiger partial charge in [0.25, 0.3) is 5.91 Å². The number of rotatable bonds is 4. The van der Waals surface area contributed by atoms with E-state index >= 15 is 0 Å². The first-order valence-electron chi connectivity index (χ1n) is 10.6. The van der Waals surface area contributed by atoms with Crippen molar-refractivity contribution in [2.75, 3.05) is 43.4 Å². The van der Waals surface area contributed by atoms with Gasteiger partial charge in [-0.15, -0.1) is 0 Å². The van der Waals surface area contributed by atoms with Crippen molar-refractivity contribution in [2.24, 2.45) is 0 Å². The van der Waals surface area contributed by atoms with E-state index < -0.39 is 11.9 Å². The Kier molecular flexibility index (Phi) is 5.01. The van der Waals surface area contributed by atoms with Crippen molar-refractivity contribution in [3.8, 4) is 0 Å². The zero-order valence-electron chi connectivity index (χ0n) is 17.9. The summed E-state index contributed by atoms with van der Waals surface area (Å²) in [6.45, 7) is 5.37. The Morgan fingerprint density at radius 3 is 2.78 bits per heavy atom. The van der Waals surface area contributed by atoms with Gasteiger partial charge in [0.05, 0.1) is 29.0 Å². The van der Waals surface area contributed by atoms with Gasteiger partial charge in [0.15, 0.2) is 0 Å². The van der Waals surface area contributed by atoms with Crippen molar-refractivity contribution in [3.05, 3.63) is 53.4 Å². The van der Waals surface area contributed by atoms with Crippen molar-refractivity contribution in [1.29, 1.82) is 0 Å². The van der Waals surface area contributed by atoms with Crippen LogP contribution in [0.4, 0.5) is 15.8 Å². The van der Waals surface area contributed by atoms with E-state index in [1.165, 1.54) is 13.1 Å². The number of piperazine rings is 1. The molecule has 0 bridgehead atoms. The lowest BCUT2D eigenvalue weighted by Gasteiger charge is -2.36. The van der Waals surface area contributed by atoms with Crippen LogP contribution in [0.2, 0.25) is 0 Å². The smallest absolute Gasteiger partial charge is 0.269 e. The third kappa shape index (κ3) is 3.46. The molecule has 3 aromatic rings. The highest BCUT2D eigenvalue weighted by Crippen LogP contribution is 2.33. The number of amides is 2. The molecule has 0 unspecified atom stereocenters. The monoisotopic (exact) mass is 437 g/mol. The second-order valence-corrected chi connectivity index (χ2v) is 8.21. The molecule has 2 amide bonds. The fourth-order valence-electron chi connectivity index (χ4n) is 4.40. The van der Waals surface area contributed by atoms with E-state index in [1.54, 1.807) is 12.3 Å². The van der Waals surface area contributed by atoms with Crippen molar-refractivity contribution in [1.82, 2.24) is 24.8 Å². The zero-order valence-corrected chi connectivity index (χ0v) is 17.9. The van der Waals surface area contributed by atoms with Gasteiger partial charge >= 0.3 is 0 Å². The minimum absolute atomic E-state index is 0.0174. The largest absolute Gasteiger partial charge is 0.365 e. The highest BCUT2D eigenvalue weighted by Gasteiger charge is 2.28. The number of aromatic nitrogens is 3. The highest BCUT2D eigenvalue weighted by atomic mass is 19.1. The second kappa shape index (κ2) is 7.86. The molecule has 5 heterocycles. The summed E-state index contributed by atoms with van der Waals surface area (Å²) in [4.78, 5) is 31.9. The Labute approximate surface area is 184 Å². The number of nitrogens with one attached hydrogen (secondary N) is 2. The quantitative estimate of drug-likeness (QED) is 0.603. The van der Waals surface area contributed by atoms with Crippen molar-refractivity contribution in [3.63, 3.8) is 0 Å². The first-order chi connectivity index (χ1) is 15.4. The van der Waals surface area contributed by atoms with Gasteiger partial charge in [0.2, 0.25) is 11.9 Å². The van der Waals surface area contributed by atoms with Crippen LogP contribution in [0.15, 0.2) is 30.6 Å². The molecular weight excluding hydrogens is 413 g/mol. The SMILES string of the molecule is CNC(=O)c1ccc(N2CCN(Cc3cc4c5c(cnn5c3)[C@@H](C)C(=O)N4)CC2)c(F)n1. The van der Waals surface area contributed by atoms with E-state index in [0.29, 0.717) is 25.3 Å². The highest BCUT2D eigenvalue weighted by molar-refractivity contribution is 6.04. The lowest BCUT2D eigenvalue weighted by molar-refractivity contribution is -0.117. The molecule has 32 heavy (non-hydrogen) atoms. The van der Waals surface area contributed by atoms with E-state index in [9.17, 15) is 14.0 Å². The molecule has 1 saturated heterocycles. The molecule has 1 fully saturated rings. The van der Waals surface area contributed by atoms with E-state index in [1.807, 2.05) is 28.6 Å². The van der Waals surface area contributed by atoms with Gasteiger partial charge in [-0.3, -0.25) is 14.5 Å². The Hall–Kier alpha value is -3.53. The van der Waals surface area contributed by atoms with E-state index in [0.717, 1.165) is 35.4 Å². The number of hydrogen-bond donors (Lipinski definition) is 2.